The number of hydrogen-bond donors (Lipinski definition) is 3. The molecule has 0 aromatic heterocycles. The lowest BCUT2D eigenvalue weighted by Crippen LogP contribution is -2.65. The fraction of sp³-hybridized carbons (Fsp3) is 0.833. The highest BCUT2D eigenvalue weighted by Gasteiger charge is 2.69. The largest absolute Gasteiger partial charge is 0.392 e. The summed E-state index contributed by atoms with van der Waals surface area (Å²) in [4.78, 5) is 12.9. The molecule has 0 amide bonds. The predicted octanol–water partition coefficient (Wildman–Crippen LogP) is 5.60. The van der Waals surface area contributed by atoms with Gasteiger partial charge in [0.25, 0.3) is 0 Å². The maximum absolute atomic E-state index is 12.9. The van der Waals surface area contributed by atoms with Crippen LogP contribution in [0.25, 0.3) is 0 Å². The smallest absolute Gasteiger partial charge is 0.138 e. The van der Waals surface area contributed by atoms with Crippen molar-refractivity contribution in [1.29, 1.82) is 0 Å². The molecular formula is C30H48O4. The second-order valence-electron chi connectivity index (χ2n) is 13.7. The number of aliphatic hydroxyl groups excluding tert-OH is 3. The number of aliphatic hydroxyl groups is 3. The van der Waals surface area contributed by atoms with Crippen LogP contribution in [-0.2, 0) is 4.79 Å². The van der Waals surface area contributed by atoms with Gasteiger partial charge in [0, 0.05) is 11.8 Å². The van der Waals surface area contributed by atoms with Crippen LogP contribution in [0.3, 0.4) is 0 Å². The van der Waals surface area contributed by atoms with E-state index in [9.17, 15) is 20.1 Å². The summed E-state index contributed by atoms with van der Waals surface area (Å²) >= 11 is 0. The van der Waals surface area contributed by atoms with Crippen LogP contribution in [0.5, 0.6) is 0 Å². The molecule has 0 saturated heterocycles. The third kappa shape index (κ3) is 3.45. The summed E-state index contributed by atoms with van der Waals surface area (Å²) in [5, 5.41) is 32.7. The highest BCUT2D eigenvalue weighted by atomic mass is 16.3. The summed E-state index contributed by atoms with van der Waals surface area (Å²) in [5.74, 6) is 1.06. The molecule has 4 aliphatic rings. The molecule has 0 aliphatic heterocycles. The zero-order valence-corrected chi connectivity index (χ0v) is 22.6. The van der Waals surface area contributed by atoms with E-state index < -0.39 is 18.3 Å². The Morgan fingerprint density at radius 3 is 2.35 bits per heavy atom. The Morgan fingerprint density at radius 2 is 1.74 bits per heavy atom. The van der Waals surface area contributed by atoms with Crippen molar-refractivity contribution in [2.45, 2.75) is 118 Å². The van der Waals surface area contributed by atoms with Crippen molar-refractivity contribution in [3.63, 3.8) is 0 Å². The summed E-state index contributed by atoms with van der Waals surface area (Å²) in [5.41, 5.74) is 3.06. The molecule has 0 aromatic rings. The monoisotopic (exact) mass is 472 g/mol. The van der Waals surface area contributed by atoms with Crippen molar-refractivity contribution in [2.24, 2.45) is 39.4 Å². The summed E-state index contributed by atoms with van der Waals surface area (Å²) in [6.07, 6.45) is 4.79. The van der Waals surface area contributed by atoms with Gasteiger partial charge in [0.05, 0.1) is 12.2 Å². The van der Waals surface area contributed by atoms with Gasteiger partial charge in [-0.05, 0) is 91.4 Å². The third-order valence-corrected chi connectivity index (χ3v) is 11.7. The normalized spacial score (nSPS) is 44.1. The third-order valence-electron chi connectivity index (χ3n) is 11.7. The molecule has 4 nitrogen and oxygen atoms in total. The van der Waals surface area contributed by atoms with Gasteiger partial charge in [-0.3, -0.25) is 4.79 Å². The quantitative estimate of drug-likeness (QED) is 0.455. The second-order valence-corrected chi connectivity index (χ2v) is 13.7. The van der Waals surface area contributed by atoms with E-state index >= 15 is 0 Å². The van der Waals surface area contributed by atoms with E-state index in [2.05, 4.69) is 48.1 Å². The lowest BCUT2D eigenvalue weighted by Gasteiger charge is -2.69. The fourth-order valence-corrected chi connectivity index (χ4v) is 9.63. The standard InChI is InChI=1S/C30H48O4/c1-17(2)25(34)21(31)15-18(3)19-9-13-29(7)20(19)16-22(32)26-28(6)12-11-24(33)27(4,5)23(28)10-14-30(26,29)8/h18,21-23,25-26,31-32,34H,1,9-16H2,2-8H3/t18-,21+,22+,23?,25+,26?,28+,29+,30+/m1/s1. The van der Waals surface area contributed by atoms with Crippen molar-refractivity contribution >= 4 is 5.78 Å². The first kappa shape index (κ1) is 26.1. The maximum Gasteiger partial charge on any atom is 0.138 e. The molecular weight excluding hydrogens is 424 g/mol. The Labute approximate surface area is 206 Å². The molecule has 34 heavy (non-hydrogen) atoms. The minimum atomic E-state index is -0.896. The number of Topliss-reactive ketones (excluding diaryl/α,β-unsaturated/α-hetero) is 1. The van der Waals surface area contributed by atoms with Crippen molar-refractivity contribution < 1.29 is 20.1 Å². The summed E-state index contributed by atoms with van der Waals surface area (Å²) < 4.78 is 0. The van der Waals surface area contributed by atoms with E-state index in [-0.39, 0.29) is 33.5 Å². The van der Waals surface area contributed by atoms with Gasteiger partial charge in [-0.2, -0.15) is 0 Å². The first-order chi connectivity index (χ1) is 15.6. The molecule has 0 radical (unpaired) electrons. The van der Waals surface area contributed by atoms with Gasteiger partial charge < -0.3 is 15.3 Å². The Morgan fingerprint density at radius 1 is 1.09 bits per heavy atom. The van der Waals surface area contributed by atoms with Gasteiger partial charge in [0.2, 0.25) is 0 Å². The van der Waals surface area contributed by atoms with Crippen LogP contribution in [0.1, 0.15) is 99.8 Å². The molecule has 4 heteroatoms. The molecule has 3 fully saturated rings. The molecule has 0 bridgehead atoms. The molecule has 4 aliphatic carbocycles. The molecule has 0 heterocycles. The minimum absolute atomic E-state index is 0.0149. The minimum Gasteiger partial charge on any atom is -0.392 e. The number of rotatable bonds is 5. The van der Waals surface area contributed by atoms with Gasteiger partial charge >= 0.3 is 0 Å². The van der Waals surface area contributed by atoms with Crippen LogP contribution in [0.15, 0.2) is 23.3 Å². The van der Waals surface area contributed by atoms with E-state index in [1.165, 1.54) is 11.1 Å². The van der Waals surface area contributed by atoms with Gasteiger partial charge in [-0.25, -0.2) is 0 Å². The van der Waals surface area contributed by atoms with Crippen LogP contribution in [0.4, 0.5) is 0 Å². The molecule has 2 unspecified atom stereocenters. The Kier molecular flexibility index (Phi) is 6.36. The summed E-state index contributed by atoms with van der Waals surface area (Å²) in [6, 6.07) is 0. The lowest BCUT2D eigenvalue weighted by molar-refractivity contribution is -0.208. The highest BCUT2D eigenvalue weighted by Crippen LogP contribution is 2.74. The Hall–Kier alpha value is -0.970. The number of carbonyl (C=O) groups is 1. The van der Waals surface area contributed by atoms with E-state index in [0.29, 0.717) is 36.5 Å². The first-order valence-corrected chi connectivity index (χ1v) is 13.6. The number of carbonyl (C=O) groups excluding carboxylic acids is 1. The Balaban J connectivity index is 1.69. The second kappa shape index (κ2) is 8.28. The molecule has 0 spiro atoms. The molecule has 9 atom stereocenters. The average molecular weight is 473 g/mol. The fourth-order valence-electron chi connectivity index (χ4n) is 9.63. The zero-order valence-electron chi connectivity index (χ0n) is 22.6. The lowest BCUT2D eigenvalue weighted by atomic mass is 9.36. The summed E-state index contributed by atoms with van der Waals surface area (Å²) in [6.45, 7) is 19.2. The number of allylic oxidation sites excluding steroid dienone is 1. The molecule has 0 aromatic carbocycles. The number of hydrogen-bond acceptors (Lipinski definition) is 4. The molecule has 4 rings (SSSR count). The van der Waals surface area contributed by atoms with Gasteiger partial charge in [-0.1, -0.05) is 59.3 Å². The van der Waals surface area contributed by atoms with Crippen molar-refractivity contribution in [3.05, 3.63) is 23.3 Å². The highest BCUT2D eigenvalue weighted by molar-refractivity contribution is 5.85. The number of ketones is 1. The molecule has 192 valence electrons. The van der Waals surface area contributed by atoms with E-state index in [1.54, 1.807) is 6.92 Å². The van der Waals surface area contributed by atoms with Crippen LogP contribution >= 0.6 is 0 Å². The van der Waals surface area contributed by atoms with E-state index in [0.717, 1.165) is 32.1 Å². The van der Waals surface area contributed by atoms with Gasteiger partial charge in [-0.15, -0.1) is 0 Å². The van der Waals surface area contributed by atoms with Crippen LogP contribution in [-0.4, -0.2) is 39.4 Å². The first-order valence-electron chi connectivity index (χ1n) is 13.6. The topological polar surface area (TPSA) is 77.8 Å². The van der Waals surface area contributed by atoms with E-state index in [4.69, 9.17) is 0 Å². The van der Waals surface area contributed by atoms with Crippen molar-refractivity contribution in [3.8, 4) is 0 Å². The van der Waals surface area contributed by atoms with Crippen molar-refractivity contribution in [1.82, 2.24) is 0 Å². The van der Waals surface area contributed by atoms with Gasteiger partial charge in [0.15, 0.2) is 0 Å². The molecule has 3 saturated carbocycles. The Bertz CT molecular complexity index is 901. The van der Waals surface area contributed by atoms with E-state index in [1.807, 2.05) is 0 Å². The zero-order chi connectivity index (χ0) is 25.4. The maximum atomic E-state index is 12.9. The van der Waals surface area contributed by atoms with Crippen molar-refractivity contribution in [2.75, 3.05) is 0 Å². The van der Waals surface area contributed by atoms with Crippen LogP contribution in [0, 0.1) is 39.4 Å². The van der Waals surface area contributed by atoms with Crippen LogP contribution < -0.4 is 0 Å². The SMILES string of the molecule is C=C(C)[C@H](O)[C@@H](O)C[C@@H](C)C1=C2C[C@H](O)C3[C@@]4(C)CCC(=O)C(C)(C)C4CC[C@]3(C)[C@@]2(C)CC1. The van der Waals surface area contributed by atoms with Crippen LogP contribution in [0.2, 0.25) is 0 Å². The summed E-state index contributed by atoms with van der Waals surface area (Å²) in [7, 11) is 0. The average Bonchev–Trinajstić information content (AvgIpc) is 3.08. The number of fused-ring (bicyclic) bond motifs is 5. The van der Waals surface area contributed by atoms with Gasteiger partial charge in [0.1, 0.15) is 11.9 Å². The predicted molar refractivity (Wildman–Crippen MR) is 136 cm³/mol. The molecule has 3 N–H and O–H groups in total.